The van der Waals surface area contributed by atoms with Gasteiger partial charge in [-0.1, -0.05) is 12.2 Å². The molecule has 4 atom stereocenters. The third kappa shape index (κ3) is 1.18. The molecule has 17 heavy (non-hydrogen) atoms. The van der Waals surface area contributed by atoms with E-state index in [-0.39, 0.29) is 23.8 Å². The quantitative estimate of drug-likeness (QED) is 0.530. The lowest BCUT2D eigenvalue weighted by molar-refractivity contribution is -0.142. The molecule has 0 heterocycles. The van der Waals surface area contributed by atoms with E-state index in [4.69, 9.17) is 9.47 Å². The molecule has 0 N–H and O–H groups in total. The van der Waals surface area contributed by atoms with Crippen LogP contribution < -0.4 is 0 Å². The summed E-state index contributed by atoms with van der Waals surface area (Å²) in [6.07, 6.45) is 5.35. The van der Waals surface area contributed by atoms with Crippen LogP contribution in [0.4, 0.5) is 0 Å². The summed E-state index contributed by atoms with van der Waals surface area (Å²) in [4.78, 5) is 23.5. The summed E-state index contributed by atoms with van der Waals surface area (Å²) in [7, 11) is 2.70. The molecule has 2 bridgehead atoms. The molecule has 4 heteroatoms. The highest BCUT2D eigenvalue weighted by Gasteiger charge is 2.59. The molecule has 0 aromatic carbocycles. The molecule has 0 aromatic rings. The van der Waals surface area contributed by atoms with Gasteiger partial charge in [0.25, 0.3) is 0 Å². The van der Waals surface area contributed by atoms with Gasteiger partial charge < -0.3 is 9.47 Å². The van der Waals surface area contributed by atoms with Crippen LogP contribution in [0.1, 0.15) is 6.42 Å². The minimum atomic E-state index is -0.382. The second-order valence-electron chi connectivity index (χ2n) is 4.81. The summed E-state index contributed by atoms with van der Waals surface area (Å²) in [5.74, 6) is 0.373. The molecular formula is C13H14O4. The normalized spacial score (nSPS) is 36.6. The topological polar surface area (TPSA) is 52.6 Å². The average molecular weight is 234 g/mol. The molecule has 0 radical (unpaired) electrons. The summed E-state index contributed by atoms with van der Waals surface area (Å²) in [6.45, 7) is 0. The molecule has 0 saturated heterocycles. The van der Waals surface area contributed by atoms with E-state index in [2.05, 4.69) is 12.2 Å². The van der Waals surface area contributed by atoms with Gasteiger partial charge in [-0.3, -0.25) is 0 Å². The van der Waals surface area contributed by atoms with Crippen molar-refractivity contribution < 1.29 is 19.1 Å². The van der Waals surface area contributed by atoms with E-state index in [0.29, 0.717) is 23.0 Å². The first-order chi connectivity index (χ1) is 8.19. The highest BCUT2D eigenvalue weighted by Crippen LogP contribution is 2.61. The summed E-state index contributed by atoms with van der Waals surface area (Å²) in [6, 6.07) is 0. The molecule has 1 fully saturated rings. The van der Waals surface area contributed by atoms with Gasteiger partial charge in [-0.2, -0.15) is 0 Å². The predicted octanol–water partition coefficient (Wildman–Crippen LogP) is 1.08. The van der Waals surface area contributed by atoms with Crippen molar-refractivity contribution in [2.75, 3.05) is 14.2 Å². The molecule has 3 aliphatic carbocycles. The Balaban J connectivity index is 2.01. The molecule has 3 aliphatic rings. The molecule has 4 unspecified atom stereocenters. The number of fused-ring (bicyclic) bond motifs is 5. The number of rotatable bonds is 2. The van der Waals surface area contributed by atoms with Crippen LogP contribution in [0.15, 0.2) is 23.3 Å². The van der Waals surface area contributed by atoms with Crippen LogP contribution in [0.3, 0.4) is 0 Å². The third-order valence-corrected chi connectivity index (χ3v) is 4.23. The second kappa shape index (κ2) is 3.45. The van der Waals surface area contributed by atoms with Gasteiger partial charge in [-0.05, 0) is 18.3 Å². The number of carbonyl (C=O) groups excluding carboxylic acids is 2. The Morgan fingerprint density at radius 3 is 1.76 bits per heavy atom. The molecule has 3 rings (SSSR count). The number of methoxy groups -OCH3 is 2. The Morgan fingerprint density at radius 1 is 1.00 bits per heavy atom. The van der Waals surface area contributed by atoms with Crippen LogP contribution in [-0.4, -0.2) is 26.2 Å². The first-order valence-electron chi connectivity index (χ1n) is 5.78. The Labute approximate surface area is 99.3 Å². The molecule has 90 valence electrons. The number of carbonyl (C=O) groups is 2. The van der Waals surface area contributed by atoms with Gasteiger partial charge in [0.1, 0.15) is 0 Å². The third-order valence-electron chi connectivity index (χ3n) is 4.23. The van der Waals surface area contributed by atoms with Crippen molar-refractivity contribution in [3.05, 3.63) is 23.3 Å². The second-order valence-corrected chi connectivity index (χ2v) is 4.81. The smallest absolute Gasteiger partial charge is 0.334 e. The van der Waals surface area contributed by atoms with Crippen LogP contribution in [0.2, 0.25) is 0 Å². The summed E-state index contributed by atoms with van der Waals surface area (Å²) in [5, 5.41) is 0. The minimum absolute atomic E-state index is 0.173. The lowest BCUT2D eigenvalue weighted by atomic mass is 9.63. The van der Waals surface area contributed by atoms with Crippen LogP contribution >= 0.6 is 0 Å². The molecule has 0 amide bonds. The van der Waals surface area contributed by atoms with Crippen molar-refractivity contribution in [2.24, 2.45) is 23.7 Å². The molecule has 0 aromatic heterocycles. The largest absolute Gasteiger partial charge is 0.466 e. The molecule has 4 nitrogen and oxygen atoms in total. The molecule has 0 aliphatic heterocycles. The summed E-state index contributed by atoms with van der Waals surface area (Å²) in [5.41, 5.74) is 1.09. The van der Waals surface area contributed by atoms with Gasteiger partial charge in [0, 0.05) is 11.8 Å². The Kier molecular flexibility index (Phi) is 2.15. The number of ether oxygens (including phenoxy) is 2. The SMILES string of the molecule is COC(=O)C1=C(C(=O)OC)C2C3C=CC(C3)C12. The van der Waals surface area contributed by atoms with Crippen molar-refractivity contribution in [2.45, 2.75) is 6.42 Å². The highest BCUT2D eigenvalue weighted by molar-refractivity contribution is 6.04. The van der Waals surface area contributed by atoms with Crippen LogP contribution in [0, 0.1) is 23.7 Å². The van der Waals surface area contributed by atoms with Gasteiger partial charge in [0.05, 0.1) is 25.4 Å². The highest BCUT2D eigenvalue weighted by atomic mass is 16.5. The van der Waals surface area contributed by atoms with Gasteiger partial charge in [-0.25, -0.2) is 9.59 Å². The van der Waals surface area contributed by atoms with Crippen LogP contribution in [0.5, 0.6) is 0 Å². The zero-order valence-corrected chi connectivity index (χ0v) is 9.80. The fourth-order valence-electron chi connectivity index (χ4n) is 3.58. The van der Waals surface area contributed by atoms with E-state index in [0.717, 1.165) is 6.42 Å². The van der Waals surface area contributed by atoms with E-state index in [1.165, 1.54) is 14.2 Å². The molecule has 1 saturated carbocycles. The number of hydrogen-bond donors (Lipinski definition) is 0. The minimum Gasteiger partial charge on any atom is -0.466 e. The lowest BCUT2D eigenvalue weighted by Gasteiger charge is -2.40. The Morgan fingerprint density at radius 2 is 1.41 bits per heavy atom. The maximum Gasteiger partial charge on any atom is 0.334 e. The van der Waals surface area contributed by atoms with Gasteiger partial charge in [0.2, 0.25) is 0 Å². The average Bonchev–Trinajstić information content (AvgIpc) is 2.86. The van der Waals surface area contributed by atoms with Crippen molar-refractivity contribution >= 4 is 11.9 Å². The van der Waals surface area contributed by atoms with Gasteiger partial charge in [0.15, 0.2) is 0 Å². The fraction of sp³-hybridized carbons (Fsp3) is 0.538. The zero-order valence-electron chi connectivity index (χ0n) is 9.80. The van der Waals surface area contributed by atoms with Gasteiger partial charge in [-0.15, -0.1) is 0 Å². The predicted molar refractivity (Wildman–Crippen MR) is 58.8 cm³/mol. The number of allylic oxidation sites excluding steroid dienone is 2. The van der Waals surface area contributed by atoms with E-state index in [9.17, 15) is 9.59 Å². The standard InChI is InChI=1S/C13H14O4/c1-16-12(14)10-8-6-3-4-7(5-6)9(8)11(10)13(15)17-2/h3-4,6-9H,5H2,1-2H3. The summed E-state index contributed by atoms with van der Waals surface area (Å²) < 4.78 is 9.53. The van der Waals surface area contributed by atoms with Crippen LogP contribution in [-0.2, 0) is 19.1 Å². The van der Waals surface area contributed by atoms with Crippen molar-refractivity contribution in [3.8, 4) is 0 Å². The van der Waals surface area contributed by atoms with E-state index >= 15 is 0 Å². The van der Waals surface area contributed by atoms with Crippen LogP contribution in [0.25, 0.3) is 0 Å². The Bertz CT molecular complexity index is 420. The molecule has 0 spiro atoms. The Hall–Kier alpha value is -1.58. The number of esters is 2. The van der Waals surface area contributed by atoms with E-state index in [1.807, 2.05) is 0 Å². The fourth-order valence-corrected chi connectivity index (χ4v) is 3.58. The maximum atomic E-state index is 11.7. The first kappa shape index (κ1) is 10.6. The van der Waals surface area contributed by atoms with Crippen molar-refractivity contribution in [3.63, 3.8) is 0 Å². The van der Waals surface area contributed by atoms with Crippen molar-refractivity contribution in [1.82, 2.24) is 0 Å². The monoisotopic (exact) mass is 234 g/mol. The van der Waals surface area contributed by atoms with E-state index in [1.54, 1.807) is 0 Å². The zero-order chi connectivity index (χ0) is 12.2. The number of hydrogen-bond acceptors (Lipinski definition) is 4. The first-order valence-corrected chi connectivity index (χ1v) is 5.78. The summed E-state index contributed by atoms with van der Waals surface area (Å²) >= 11 is 0. The van der Waals surface area contributed by atoms with Gasteiger partial charge >= 0.3 is 11.9 Å². The lowest BCUT2D eigenvalue weighted by Crippen LogP contribution is -2.41. The molecular weight excluding hydrogens is 220 g/mol. The van der Waals surface area contributed by atoms with E-state index < -0.39 is 0 Å². The van der Waals surface area contributed by atoms with Crippen molar-refractivity contribution in [1.29, 1.82) is 0 Å². The maximum absolute atomic E-state index is 11.7.